The van der Waals surface area contributed by atoms with E-state index in [0.29, 0.717) is 11.1 Å². The van der Waals surface area contributed by atoms with Crippen LogP contribution in [0.2, 0.25) is 0 Å². The molecule has 4 heteroatoms. The van der Waals surface area contributed by atoms with Crippen molar-refractivity contribution in [3.05, 3.63) is 59.3 Å². The zero-order chi connectivity index (χ0) is 14.9. The molecule has 1 heterocycles. The summed E-state index contributed by atoms with van der Waals surface area (Å²) in [4.78, 5) is 2.06. The van der Waals surface area contributed by atoms with E-state index >= 15 is 0 Å². The lowest BCUT2D eigenvalue weighted by atomic mass is 9.95. The van der Waals surface area contributed by atoms with Crippen molar-refractivity contribution in [2.75, 3.05) is 0 Å². The van der Waals surface area contributed by atoms with E-state index in [0.717, 1.165) is 6.07 Å². The quantitative estimate of drug-likeness (QED) is 0.749. The van der Waals surface area contributed by atoms with Gasteiger partial charge in [0.1, 0.15) is 0 Å². The summed E-state index contributed by atoms with van der Waals surface area (Å²) in [5, 5.41) is 0. The Balaban J connectivity index is 2.38. The van der Waals surface area contributed by atoms with Gasteiger partial charge in [0.2, 0.25) is 0 Å². The molecule has 1 aromatic rings. The summed E-state index contributed by atoms with van der Waals surface area (Å²) >= 11 is 0. The molecule has 0 saturated heterocycles. The monoisotopic (exact) mass is 281 g/mol. The van der Waals surface area contributed by atoms with E-state index in [1.54, 1.807) is 13.0 Å². The van der Waals surface area contributed by atoms with Gasteiger partial charge in [-0.2, -0.15) is 13.2 Å². The van der Waals surface area contributed by atoms with E-state index in [1.807, 2.05) is 38.3 Å². The third kappa shape index (κ3) is 2.74. The fourth-order valence-corrected chi connectivity index (χ4v) is 2.66. The van der Waals surface area contributed by atoms with Gasteiger partial charge in [0, 0.05) is 12.2 Å². The molecule has 0 bridgehead atoms. The first-order chi connectivity index (χ1) is 9.32. The molecule has 2 unspecified atom stereocenters. The van der Waals surface area contributed by atoms with Crippen LogP contribution in [0.5, 0.6) is 0 Å². The van der Waals surface area contributed by atoms with Gasteiger partial charge in [-0.05, 0) is 44.0 Å². The van der Waals surface area contributed by atoms with E-state index in [2.05, 4.69) is 4.90 Å². The highest BCUT2D eigenvalue weighted by Crippen LogP contribution is 2.36. The molecule has 1 aromatic carbocycles. The number of allylic oxidation sites excluding steroid dienone is 2. The molecular weight excluding hydrogens is 263 g/mol. The van der Waals surface area contributed by atoms with Crippen LogP contribution in [0.4, 0.5) is 13.2 Å². The lowest BCUT2D eigenvalue weighted by molar-refractivity contribution is -0.138. The Bertz CT molecular complexity index is 543. The summed E-state index contributed by atoms with van der Waals surface area (Å²) in [6.07, 6.45) is 3.50. The molecule has 0 aromatic heterocycles. The highest BCUT2D eigenvalue weighted by atomic mass is 19.4. The molecule has 0 radical (unpaired) electrons. The average molecular weight is 281 g/mol. The van der Waals surface area contributed by atoms with E-state index in [4.69, 9.17) is 0 Å². The second kappa shape index (κ2) is 5.35. The molecule has 1 aliphatic heterocycles. The van der Waals surface area contributed by atoms with Gasteiger partial charge in [-0.25, -0.2) is 0 Å². The van der Waals surface area contributed by atoms with Crippen LogP contribution in [0.25, 0.3) is 0 Å². The van der Waals surface area contributed by atoms with Crippen molar-refractivity contribution in [1.82, 2.24) is 4.90 Å². The summed E-state index contributed by atoms with van der Waals surface area (Å²) in [6.45, 7) is 5.50. The van der Waals surface area contributed by atoms with Gasteiger partial charge in [0.15, 0.2) is 0 Å². The van der Waals surface area contributed by atoms with Crippen molar-refractivity contribution in [3.63, 3.8) is 0 Å². The predicted molar refractivity (Wildman–Crippen MR) is 74.2 cm³/mol. The number of hydrogen-bond acceptors (Lipinski definition) is 1. The molecule has 0 saturated carbocycles. The second-order valence-electron chi connectivity index (χ2n) is 5.11. The molecule has 2 rings (SSSR count). The smallest absolute Gasteiger partial charge is 0.365 e. The molecule has 0 spiro atoms. The summed E-state index contributed by atoms with van der Waals surface area (Å²) < 4.78 is 38.9. The van der Waals surface area contributed by atoms with Crippen LogP contribution in [0.3, 0.4) is 0 Å². The zero-order valence-corrected chi connectivity index (χ0v) is 11.8. The second-order valence-corrected chi connectivity index (χ2v) is 5.11. The molecule has 2 atom stereocenters. The first-order valence-corrected chi connectivity index (χ1v) is 6.61. The summed E-state index contributed by atoms with van der Waals surface area (Å²) in [5.41, 5.74) is 0.473. The molecule has 20 heavy (non-hydrogen) atoms. The van der Waals surface area contributed by atoms with Crippen molar-refractivity contribution < 1.29 is 13.2 Å². The predicted octanol–water partition coefficient (Wildman–Crippen LogP) is 4.85. The average Bonchev–Trinajstić information content (AvgIpc) is 2.37. The minimum Gasteiger partial charge on any atom is -0.365 e. The fourth-order valence-electron chi connectivity index (χ4n) is 2.66. The maximum absolute atomic E-state index is 13.0. The Kier molecular flexibility index (Phi) is 3.93. The number of rotatable bonds is 2. The van der Waals surface area contributed by atoms with E-state index in [-0.39, 0.29) is 12.1 Å². The van der Waals surface area contributed by atoms with Gasteiger partial charge < -0.3 is 4.90 Å². The maximum Gasteiger partial charge on any atom is 0.416 e. The third-order valence-corrected chi connectivity index (χ3v) is 3.81. The zero-order valence-electron chi connectivity index (χ0n) is 11.8. The van der Waals surface area contributed by atoms with Gasteiger partial charge in [0.25, 0.3) is 0 Å². The van der Waals surface area contributed by atoms with Gasteiger partial charge >= 0.3 is 6.18 Å². The van der Waals surface area contributed by atoms with Crippen molar-refractivity contribution in [2.24, 2.45) is 0 Å². The van der Waals surface area contributed by atoms with Gasteiger partial charge in [-0.3, -0.25) is 0 Å². The highest BCUT2D eigenvalue weighted by Gasteiger charge is 2.33. The summed E-state index contributed by atoms with van der Waals surface area (Å²) in [5.74, 6) is 0. The molecule has 108 valence electrons. The number of benzene rings is 1. The molecule has 0 amide bonds. The Morgan fingerprint density at radius 2 is 1.90 bits per heavy atom. The highest BCUT2D eigenvalue weighted by molar-refractivity contribution is 5.38. The topological polar surface area (TPSA) is 3.24 Å². The molecule has 0 aliphatic carbocycles. The number of halogens is 3. The number of nitrogens with zero attached hydrogens (tertiary/aromatic N) is 1. The molecule has 1 aliphatic rings. The summed E-state index contributed by atoms with van der Waals surface area (Å²) in [7, 11) is 0. The van der Waals surface area contributed by atoms with Crippen molar-refractivity contribution in [1.29, 1.82) is 0 Å². The van der Waals surface area contributed by atoms with Crippen LogP contribution in [0.15, 0.2) is 42.6 Å². The lowest BCUT2D eigenvalue weighted by Crippen LogP contribution is -2.31. The normalized spacial score (nSPS) is 20.3. The Hall–Kier alpha value is -1.71. The third-order valence-electron chi connectivity index (χ3n) is 3.81. The lowest BCUT2D eigenvalue weighted by Gasteiger charge is -2.35. The minimum atomic E-state index is -4.30. The van der Waals surface area contributed by atoms with Crippen LogP contribution < -0.4 is 0 Å². The van der Waals surface area contributed by atoms with E-state index < -0.39 is 11.7 Å². The number of hydrogen-bond donors (Lipinski definition) is 0. The Morgan fingerprint density at radius 3 is 2.50 bits per heavy atom. The van der Waals surface area contributed by atoms with Gasteiger partial charge in [-0.1, -0.05) is 24.3 Å². The first kappa shape index (κ1) is 14.7. The van der Waals surface area contributed by atoms with E-state index in [1.165, 1.54) is 6.07 Å². The van der Waals surface area contributed by atoms with Gasteiger partial charge in [-0.15, -0.1) is 0 Å². The SMILES string of the molecule is Cc1c(C(C)N2C=CC=CC2C)cccc1C(F)(F)F. The standard InChI is InChI=1S/C16H18F3N/c1-11-7-4-5-10-20(11)13(3)14-8-6-9-15(12(14)2)16(17,18)19/h4-11,13H,1-3H3. The largest absolute Gasteiger partial charge is 0.416 e. The van der Waals surface area contributed by atoms with Crippen LogP contribution >= 0.6 is 0 Å². The summed E-state index contributed by atoms with van der Waals surface area (Å²) in [6, 6.07) is 4.46. The maximum atomic E-state index is 13.0. The molecular formula is C16H18F3N. The van der Waals surface area contributed by atoms with Crippen LogP contribution in [0, 0.1) is 6.92 Å². The van der Waals surface area contributed by atoms with Crippen molar-refractivity contribution >= 4 is 0 Å². The molecule has 0 fully saturated rings. The number of alkyl halides is 3. The van der Waals surface area contributed by atoms with Crippen LogP contribution in [-0.4, -0.2) is 10.9 Å². The Morgan fingerprint density at radius 1 is 1.20 bits per heavy atom. The minimum absolute atomic E-state index is 0.103. The van der Waals surface area contributed by atoms with Crippen LogP contribution in [0.1, 0.15) is 36.6 Å². The Labute approximate surface area is 117 Å². The fraction of sp³-hybridized carbons (Fsp3) is 0.375. The van der Waals surface area contributed by atoms with Gasteiger partial charge in [0.05, 0.1) is 11.6 Å². The molecule has 0 N–H and O–H groups in total. The van der Waals surface area contributed by atoms with Crippen molar-refractivity contribution in [2.45, 2.75) is 39.0 Å². The molecule has 1 nitrogen and oxygen atoms in total. The van der Waals surface area contributed by atoms with Crippen LogP contribution in [-0.2, 0) is 6.18 Å². The van der Waals surface area contributed by atoms with E-state index in [9.17, 15) is 13.2 Å². The first-order valence-electron chi connectivity index (χ1n) is 6.61. The van der Waals surface area contributed by atoms with Crippen molar-refractivity contribution in [3.8, 4) is 0 Å².